The molecule has 2 aromatic heterocycles. The van der Waals surface area contributed by atoms with Gasteiger partial charge in [0, 0.05) is 31.8 Å². The lowest BCUT2D eigenvalue weighted by atomic mass is 9.79. The predicted octanol–water partition coefficient (Wildman–Crippen LogP) is 1.65. The molecule has 158 valence electrons. The van der Waals surface area contributed by atoms with Gasteiger partial charge in [-0.2, -0.15) is 0 Å². The van der Waals surface area contributed by atoms with Crippen LogP contribution in [-0.4, -0.2) is 32.0 Å². The second-order valence-electron chi connectivity index (χ2n) is 7.97. The number of imidazole rings is 1. The monoisotopic (exact) mass is 413 g/mol. The summed E-state index contributed by atoms with van der Waals surface area (Å²) in [6.07, 6.45) is 4.60. The highest BCUT2D eigenvalue weighted by molar-refractivity contribution is 5.76. The van der Waals surface area contributed by atoms with Crippen LogP contribution in [-0.2, 0) is 23.7 Å². The first-order valence-electron chi connectivity index (χ1n) is 10.1. The maximum atomic E-state index is 13.3. The fourth-order valence-electron chi connectivity index (χ4n) is 4.28. The molecule has 0 saturated heterocycles. The van der Waals surface area contributed by atoms with Crippen LogP contribution in [0.1, 0.15) is 43.5 Å². The Balaban J connectivity index is 1.41. The van der Waals surface area contributed by atoms with E-state index in [-0.39, 0.29) is 34.7 Å². The van der Waals surface area contributed by atoms with Gasteiger partial charge >= 0.3 is 5.69 Å². The van der Waals surface area contributed by atoms with E-state index in [9.17, 15) is 18.8 Å². The first kappa shape index (κ1) is 20.1. The molecule has 3 N–H and O–H groups in total. The lowest BCUT2D eigenvalue weighted by Gasteiger charge is -2.30. The van der Waals surface area contributed by atoms with Gasteiger partial charge < -0.3 is 10.3 Å². The van der Waals surface area contributed by atoms with Crippen LogP contribution in [0.25, 0.3) is 11.2 Å². The Morgan fingerprint density at radius 2 is 1.90 bits per heavy atom. The van der Waals surface area contributed by atoms with E-state index in [2.05, 4.69) is 20.3 Å². The van der Waals surface area contributed by atoms with Gasteiger partial charge in [0.25, 0.3) is 5.56 Å². The Bertz CT molecular complexity index is 1190. The number of fused-ring (bicyclic) bond motifs is 1. The zero-order valence-corrected chi connectivity index (χ0v) is 16.8. The summed E-state index contributed by atoms with van der Waals surface area (Å²) in [5.41, 5.74) is 0.312. The summed E-state index contributed by atoms with van der Waals surface area (Å²) in [5, 5.41) is 3.02. The van der Waals surface area contributed by atoms with Gasteiger partial charge in [0.1, 0.15) is 17.2 Å². The minimum atomic E-state index is -0.536. The van der Waals surface area contributed by atoms with Crippen LogP contribution >= 0.6 is 0 Å². The molecule has 1 aliphatic rings. The largest absolute Gasteiger partial charge is 0.355 e. The number of nitrogens with zero attached hydrogens (tertiary/aromatic N) is 2. The third-order valence-electron chi connectivity index (χ3n) is 6.03. The quantitative estimate of drug-likeness (QED) is 0.570. The van der Waals surface area contributed by atoms with E-state index in [1.165, 1.54) is 23.7 Å². The van der Waals surface area contributed by atoms with E-state index in [1.54, 1.807) is 0 Å². The number of halogens is 1. The van der Waals surface area contributed by atoms with Crippen molar-refractivity contribution in [2.75, 3.05) is 6.54 Å². The molecule has 0 unspecified atom stereocenters. The van der Waals surface area contributed by atoms with Crippen molar-refractivity contribution in [3.8, 4) is 0 Å². The molecule has 1 amide bonds. The van der Waals surface area contributed by atoms with Crippen molar-refractivity contribution in [1.82, 2.24) is 24.8 Å². The summed E-state index contributed by atoms with van der Waals surface area (Å²) in [6, 6.07) is 6.55. The van der Waals surface area contributed by atoms with Crippen LogP contribution in [0.3, 0.4) is 0 Å². The fourth-order valence-corrected chi connectivity index (χ4v) is 4.28. The maximum Gasteiger partial charge on any atom is 0.329 e. The van der Waals surface area contributed by atoms with Crippen molar-refractivity contribution >= 4 is 17.1 Å². The molecule has 9 heteroatoms. The zero-order valence-electron chi connectivity index (χ0n) is 16.8. The third kappa shape index (κ3) is 3.79. The predicted molar refractivity (Wildman–Crippen MR) is 110 cm³/mol. The Morgan fingerprint density at radius 1 is 1.20 bits per heavy atom. The molecule has 1 aromatic carbocycles. The van der Waals surface area contributed by atoms with Crippen LogP contribution < -0.4 is 16.6 Å². The highest BCUT2D eigenvalue weighted by atomic mass is 19.1. The number of aromatic amines is 2. The average Bonchev–Trinajstić information content (AvgIpc) is 3.38. The average molecular weight is 413 g/mol. The first-order valence-corrected chi connectivity index (χ1v) is 10.1. The number of carbonyl (C=O) groups is 1. The van der Waals surface area contributed by atoms with Crippen molar-refractivity contribution < 1.29 is 9.18 Å². The van der Waals surface area contributed by atoms with E-state index in [1.807, 2.05) is 12.1 Å². The molecule has 0 radical (unpaired) electrons. The standard InChI is InChI=1S/C21H24FN5O3/c1-27-18-17(19(29)26-20(27)30)24-15(25-18)8-9-16(28)23-12-21(10-2-3-11-21)13-4-6-14(22)7-5-13/h4-7H,2-3,8-12H2,1H3,(H,23,28)(H,24,25)(H,26,29,30). The maximum absolute atomic E-state index is 13.3. The van der Waals surface area contributed by atoms with Crippen molar-refractivity contribution in [3.63, 3.8) is 0 Å². The van der Waals surface area contributed by atoms with Crippen molar-refractivity contribution in [3.05, 3.63) is 62.3 Å². The number of carbonyl (C=O) groups excluding carboxylic acids is 1. The van der Waals surface area contributed by atoms with Crippen LogP contribution in [0.4, 0.5) is 4.39 Å². The summed E-state index contributed by atoms with van der Waals surface area (Å²) in [5.74, 6) is 0.0886. The highest BCUT2D eigenvalue weighted by Gasteiger charge is 2.35. The smallest absolute Gasteiger partial charge is 0.329 e. The second-order valence-corrected chi connectivity index (χ2v) is 7.97. The van der Waals surface area contributed by atoms with Crippen molar-refractivity contribution in [2.45, 2.75) is 43.9 Å². The van der Waals surface area contributed by atoms with E-state index in [4.69, 9.17) is 0 Å². The lowest BCUT2D eigenvalue weighted by molar-refractivity contribution is -0.121. The Labute approximate surface area is 171 Å². The third-order valence-corrected chi connectivity index (χ3v) is 6.03. The van der Waals surface area contributed by atoms with Crippen LogP contribution in [0.5, 0.6) is 0 Å². The Hall–Kier alpha value is -3.23. The summed E-state index contributed by atoms with van der Waals surface area (Å²) < 4.78 is 14.6. The van der Waals surface area contributed by atoms with Gasteiger partial charge in [0.15, 0.2) is 5.65 Å². The number of benzene rings is 1. The van der Waals surface area contributed by atoms with Gasteiger partial charge in [0.05, 0.1) is 0 Å². The normalized spacial score (nSPS) is 15.5. The van der Waals surface area contributed by atoms with Gasteiger partial charge in [-0.25, -0.2) is 14.2 Å². The molecule has 0 aliphatic heterocycles. The lowest BCUT2D eigenvalue weighted by Crippen LogP contribution is -2.39. The fraction of sp³-hybridized carbons (Fsp3) is 0.429. The van der Waals surface area contributed by atoms with E-state index in [0.29, 0.717) is 18.8 Å². The topological polar surface area (TPSA) is 113 Å². The summed E-state index contributed by atoms with van der Waals surface area (Å²) in [4.78, 5) is 45.4. The highest BCUT2D eigenvalue weighted by Crippen LogP contribution is 2.40. The second kappa shape index (κ2) is 7.89. The van der Waals surface area contributed by atoms with Gasteiger partial charge in [-0.1, -0.05) is 25.0 Å². The van der Waals surface area contributed by atoms with E-state index >= 15 is 0 Å². The number of rotatable bonds is 6. The molecule has 3 aromatic rings. The zero-order chi connectivity index (χ0) is 21.3. The van der Waals surface area contributed by atoms with Crippen LogP contribution in [0.15, 0.2) is 33.9 Å². The SMILES string of the molecule is Cn1c(=O)[nH]c(=O)c2[nH]c(CCC(=O)NCC3(c4ccc(F)cc4)CCCC3)nc21. The van der Waals surface area contributed by atoms with Crippen molar-refractivity contribution in [1.29, 1.82) is 0 Å². The summed E-state index contributed by atoms with van der Waals surface area (Å²) in [7, 11) is 1.52. The summed E-state index contributed by atoms with van der Waals surface area (Å²) >= 11 is 0. The van der Waals surface area contributed by atoms with Crippen LogP contribution in [0.2, 0.25) is 0 Å². The molecule has 0 atom stereocenters. The van der Waals surface area contributed by atoms with Gasteiger partial charge in [-0.3, -0.25) is 19.1 Å². The molecule has 2 heterocycles. The molecule has 1 fully saturated rings. The van der Waals surface area contributed by atoms with Gasteiger partial charge in [-0.05, 0) is 30.5 Å². The molecule has 8 nitrogen and oxygen atoms in total. The van der Waals surface area contributed by atoms with E-state index < -0.39 is 11.2 Å². The molecule has 1 aliphatic carbocycles. The van der Waals surface area contributed by atoms with Crippen molar-refractivity contribution in [2.24, 2.45) is 7.05 Å². The molecule has 1 saturated carbocycles. The number of amides is 1. The summed E-state index contributed by atoms with van der Waals surface area (Å²) in [6.45, 7) is 0.506. The minimum absolute atomic E-state index is 0.119. The minimum Gasteiger partial charge on any atom is -0.355 e. The molecule has 4 rings (SSSR count). The number of aryl methyl sites for hydroxylation is 2. The number of nitrogens with one attached hydrogen (secondary N) is 3. The molecular weight excluding hydrogens is 389 g/mol. The number of H-pyrrole nitrogens is 2. The van der Waals surface area contributed by atoms with Gasteiger partial charge in [-0.15, -0.1) is 0 Å². The molecule has 0 bridgehead atoms. The Kier molecular flexibility index (Phi) is 5.27. The molecule has 30 heavy (non-hydrogen) atoms. The number of aromatic nitrogens is 4. The Morgan fingerprint density at radius 3 is 2.60 bits per heavy atom. The van der Waals surface area contributed by atoms with E-state index in [0.717, 1.165) is 31.2 Å². The number of hydrogen-bond donors (Lipinski definition) is 3. The first-order chi connectivity index (χ1) is 14.4. The molecular formula is C21H24FN5O3. The number of hydrogen-bond acceptors (Lipinski definition) is 4. The van der Waals surface area contributed by atoms with Crippen LogP contribution in [0, 0.1) is 5.82 Å². The molecule has 0 spiro atoms. The van der Waals surface area contributed by atoms with Gasteiger partial charge in [0.2, 0.25) is 5.91 Å².